The molecule has 1 N–H and O–H groups in total. The van der Waals surface area contributed by atoms with Crippen LogP contribution in [-0.2, 0) is 6.42 Å². The highest BCUT2D eigenvalue weighted by atomic mass is 32.1. The van der Waals surface area contributed by atoms with Crippen LogP contribution in [0.4, 0.5) is 11.4 Å². The van der Waals surface area contributed by atoms with Gasteiger partial charge in [0.1, 0.15) is 0 Å². The van der Waals surface area contributed by atoms with Gasteiger partial charge in [0, 0.05) is 48.7 Å². The Hall–Kier alpha value is -3.64. The van der Waals surface area contributed by atoms with E-state index < -0.39 is 0 Å². The summed E-state index contributed by atoms with van der Waals surface area (Å²) in [6.07, 6.45) is 2.84. The molecule has 4 aromatic rings. The third kappa shape index (κ3) is 4.16. The number of aromatic nitrogens is 2. The SMILES string of the molecule is CCc1ccccc1-n1c(C)cc(C2C(c3ccccn3)NC(=S)N2c2ccc(N(C)C)cc2)c1C. The van der Waals surface area contributed by atoms with Crippen LogP contribution in [0.3, 0.4) is 0 Å². The van der Waals surface area contributed by atoms with Crippen LogP contribution >= 0.6 is 12.2 Å². The minimum atomic E-state index is -0.0670. The molecule has 3 heterocycles. The Morgan fingerprint density at radius 3 is 2.36 bits per heavy atom. The van der Waals surface area contributed by atoms with Crippen LogP contribution in [0.25, 0.3) is 5.69 Å². The topological polar surface area (TPSA) is 36.3 Å². The minimum Gasteiger partial charge on any atom is -0.378 e. The van der Waals surface area contributed by atoms with E-state index in [4.69, 9.17) is 17.2 Å². The predicted molar refractivity (Wildman–Crippen MR) is 153 cm³/mol. The molecule has 5 rings (SSSR count). The highest BCUT2D eigenvalue weighted by Crippen LogP contribution is 2.44. The van der Waals surface area contributed by atoms with E-state index >= 15 is 0 Å². The number of hydrogen-bond acceptors (Lipinski definition) is 3. The zero-order valence-electron chi connectivity index (χ0n) is 21.6. The zero-order chi connectivity index (χ0) is 25.4. The Labute approximate surface area is 219 Å². The highest BCUT2D eigenvalue weighted by Gasteiger charge is 2.42. The average molecular weight is 496 g/mol. The van der Waals surface area contributed by atoms with Crippen LogP contribution in [0.2, 0.25) is 0 Å². The molecule has 36 heavy (non-hydrogen) atoms. The maximum Gasteiger partial charge on any atom is 0.174 e. The van der Waals surface area contributed by atoms with E-state index in [-0.39, 0.29) is 12.1 Å². The molecule has 1 aliphatic rings. The van der Waals surface area contributed by atoms with Crippen molar-refractivity contribution in [3.8, 4) is 5.69 Å². The van der Waals surface area contributed by atoms with E-state index in [9.17, 15) is 0 Å². The van der Waals surface area contributed by atoms with Gasteiger partial charge in [0.2, 0.25) is 0 Å². The number of hydrogen-bond donors (Lipinski definition) is 1. The molecule has 2 aromatic heterocycles. The summed E-state index contributed by atoms with van der Waals surface area (Å²) < 4.78 is 2.39. The van der Waals surface area contributed by atoms with E-state index in [1.807, 2.05) is 18.3 Å². The lowest BCUT2D eigenvalue weighted by Crippen LogP contribution is -2.29. The first-order chi connectivity index (χ1) is 17.4. The Kier molecular flexibility index (Phi) is 6.54. The predicted octanol–water partition coefficient (Wildman–Crippen LogP) is 6.29. The second-order valence-electron chi connectivity index (χ2n) is 9.55. The normalized spacial score (nSPS) is 17.4. The molecule has 2 atom stereocenters. The standard InChI is InChI=1S/C30H33N5S/c1-6-22-11-7-8-13-27(22)34-20(2)19-25(21(34)3)29-28(26-12-9-10-18-31-26)32-30(36)35(29)24-16-14-23(15-17-24)33(4)5/h7-19,28-29H,6H2,1-5H3,(H,32,36). The Balaban J connectivity index is 1.67. The van der Waals surface area contributed by atoms with Crippen LogP contribution in [0.1, 0.15) is 47.2 Å². The highest BCUT2D eigenvalue weighted by molar-refractivity contribution is 7.80. The molecule has 0 aliphatic carbocycles. The monoisotopic (exact) mass is 495 g/mol. The molecule has 6 heteroatoms. The smallest absolute Gasteiger partial charge is 0.174 e. The average Bonchev–Trinajstić information content (AvgIpc) is 3.39. The van der Waals surface area contributed by atoms with Crippen molar-refractivity contribution in [3.63, 3.8) is 0 Å². The van der Waals surface area contributed by atoms with E-state index in [0.29, 0.717) is 5.11 Å². The van der Waals surface area contributed by atoms with Crippen LogP contribution in [-0.4, -0.2) is 28.8 Å². The van der Waals surface area contributed by atoms with Crippen molar-refractivity contribution in [1.29, 1.82) is 0 Å². The third-order valence-corrected chi connectivity index (χ3v) is 7.46. The molecule has 0 radical (unpaired) electrons. The molecule has 0 amide bonds. The maximum atomic E-state index is 5.95. The number of thiocarbonyl (C=S) groups is 1. The van der Waals surface area contributed by atoms with Crippen LogP contribution in [0, 0.1) is 13.8 Å². The lowest BCUT2D eigenvalue weighted by Gasteiger charge is -2.28. The van der Waals surface area contributed by atoms with Gasteiger partial charge in [-0.05, 0) is 92.1 Å². The zero-order valence-corrected chi connectivity index (χ0v) is 22.4. The van der Waals surface area contributed by atoms with Crippen molar-refractivity contribution in [2.75, 3.05) is 23.9 Å². The van der Waals surface area contributed by atoms with Gasteiger partial charge in [0.15, 0.2) is 5.11 Å². The van der Waals surface area contributed by atoms with Gasteiger partial charge in [-0.15, -0.1) is 0 Å². The van der Waals surface area contributed by atoms with Crippen molar-refractivity contribution in [2.24, 2.45) is 0 Å². The first-order valence-corrected chi connectivity index (χ1v) is 12.9. The molecule has 1 saturated heterocycles. The molecule has 2 aromatic carbocycles. The molecule has 1 aliphatic heterocycles. The molecular formula is C30H33N5S. The van der Waals surface area contributed by atoms with E-state index in [0.717, 1.165) is 23.5 Å². The fourth-order valence-corrected chi connectivity index (χ4v) is 5.69. The summed E-state index contributed by atoms with van der Waals surface area (Å²) in [5.74, 6) is 0. The summed E-state index contributed by atoms with van der Waals surface area (Å²) in [6.45, 7) is 6.62. The Morgan fingerprint density at radius 1 is 0.972 bits per heavy atom. The third-order valence-electron chi connectivity index (χ3n) is 7.14. The van der Waals surface area contributed by atoms with Gasteiger partial charge < -0.3 is 19.7 Å². The first kappa shape index (κ1) is 24.1. The molecule has 1 fully saturated rings. The number of nitrogens with one attached hydrogen (secondary N) is 1. The fourth-order valence-electron chi connectivity index (χ4n) is 5.35. The molecule has 0 saturated carbocycles. The van der Waals surface area contributed by atoms with Gasteiger partial charge in [-0.1, -0.05) is 31.2 Å². The van der Waals surface area contributed by atoms with Gasteiger partial charge in [0.25, 0.3) is 0 Å². The molecule has 0 spiro atoms. The number of nitrogens with zero attached hydrogens (tertiary/aromatic N) is 4. The van der Waals surface area contributed by atoms with Crippen molar-refractivity contribution in [3.05, 3.63) is 107 Å². The Morgan fingerprint density at radius 2 is 1.69 bits per heavy atom. The molecule has 0 bridgehead atoms. The quantitative estimate of drug-likeness (QED) is 0.318. The number of anilines is 2. The van der Waals surface area contributed by atoms with Gasteiger partial charge >= 0.3 is 0 Å². The van der Waals surface area contributed by atoms with Crippen molar-refractivity contribution < 1.29 is 0 Å². The number of pyridine rings is 1. The largest absolute Gasteiger partial charge is 0.378 e. The second-order valence-corrected chi connectivity index (χ2v) is 9.94. The summed E-state index contributed by atoms with van der Waals surface area (Å²) >= 11 is 5.95. The van der Waals surface area contributed by atoms with Crippen molar-refractivity contribution >= 4 is 28.7 Å². The molecule has 5 nitrogen and oxygen atoms in total. The van der Waals surface area contributed by atoms with Gasteiger partial charge in [0.05, 0.1) is 17.8 Å². The van der Waals surface area contributed by atoms with Crippen LogP contribution in [0.15, 0.2) is 79.0 Å². The van der Waals surface area contributed by atoms with Crippen LogP contribution in [0.5, 0.6) is 0 Å². The minimum absolute atomic E-state index is 0.0358. The van der Waals surface area contributed by atoms with Crippen LogP contribution < -0.4 is 15.1 Å². The van der Waals surface area contributed by atoms with Crippen molar-refractivity contribution in [2.45, 2.75) is 39.3 Å². The number of para-hydroxylation sites is 1. The van der Waals surface area contributed by atoms with Crippen molar-refractivity contribution in [1.82, 2.24) is 14.9 Å². The lowest BCUT2D eigenvalue weighted by molar-refractivity contribution is 0.565. The van der Waals surface area contributed by atoms with Gasteiger partial charge in [-0.2, -0.15) is 0 Å². The summed E-state index contributed by atoms with van der Waals surface area (Å²) in [5, 5.41) is 4.31. The van der Waals surface area contributed by atoms with E-state index in [1.165, 1.54) is 28.2 Å². The fraction of sp³-hybridized carbons (Fsp3) is 0.267. The Bertz CT molecular complexity index is 1370. The van der Waals surface area contributed by atoms with Gasteiger partial charge in [-0.25, -0.2) is 0 Å². The first-order valence-electron chi connectivity index (χ1n) is 12.5. The van der Waals surface area contributed by atoms with E-state index in [2.05, 4.69) is 115 Å². The molecule has 184 valence electrons. The molecule has 2 unspecified atom stereocenters. The van der Waals surface area contributed by atoms with E-state index in [1.54, 1.807) is 0 Å². The summed E-state index contributed by atoms with van der Waals surface area (Å²) in [6, 6.07) is 25.6. The summed E-state index contributed by atoms with van der Waals surface area (Å²) in [5.41, 5.74) is 9.47. The number of rotatable bonds is 6. The number of aryl methyl sites for hydroxylation is 2. The molecular weight excluding hydrogens is 462 g/mol. The summed E-state index contributed by atoms with van der Waals surface area (Å²) in [7, 11) is 4.11. The summed E-state index contributed by atoms with van der Waals surface area (Å²) in [4.78, 5) is 9.08. The van der Waals surface area contributed by atoms with Gasteiger partial charge in [-0.3, -0.25) is 4.98 Å². The second kappa shape index (κ2) is 9.78. The number of benzene rings is 2. The maximum absolute atomic E-state index is 5.95. The lowest BCUT2D eigenvalue weighted by atomic mass is 9.96.